The standard InChI is InChI=1S/C16H21N3O2/c1-2-20-12-9-16(7-3-4-8-16)15-18-14(19-21-15)13-5-10-17-11-6-13/h5-6,10-11H,2-4,7-9,12H2,1H3. The molecule has 1 fully saturated rings. The predicted octanol–water partition coefficient (Wildman–Crippen LogP) is 3.37. The zero-order valence-corrected chi connectivity index (χ0v) is 12.4. The van der Waals surface area contributed by atoms with Crippen molar-refractivity contribution in [1.29, 1.82) is 0 Å². The summed E-state index contributed by atoms with van der Waals surface area (Å²) in [5.41, 5.74) is 0.950. The first kappa shape index (κ1) is 14.2. The summed E-state index contributed by atoms with van der Waals surface area (Å²) in [6, 6.07) is 3.80. The Kier molecular flexibility index (Phi) is 4.29. The van der Waals surface area contributed by atoms with Crippen molar-refractivity contribution in [3.05, 3.63) is 30.4 Å². The predicted molar refractivity (Wildman–Crippen MR) is 78.8 cm³/mol. The first-order valence-electron chi connectivity index (χ1n) is 7.66. The van der Waals surface area contributed by atoms with E-state index in [0.29, 0.717) is 5.82 Å². The van der Waals surface area contributed by atoms with E-state index in [4.69, 9.17) is 9.26 Å². The van der Waals surface area contributed by atoms with E-state index in [0.717, 1.165) is 43.9 Å². The van der Waals surface area contributed by atoms with Gasteiger partial charge < -0.3 is 9.26 Å². The molecule has 0 saturated heterocycles. The maximum absolute atomic E-state index is 5.60. The number of pyridine rings is 1. The molecular formula is C16H21N3O2. The van der Waals surface area contributed by atoms with Crippen molar-refractivity contribution >= 4 is 0 Å². The molecule has 5 nitrogen and oxygen atoms in total. The molecule has 0 N–H and O–H groups in total. The molecule has 0 aromatic carbocycles. The highest BCUT2D eigenvalue weighted by atomic mass is 16.5. The van der Waals surface area contributed by atoms with E-state index in [1.807, 2.05) is 19.1 Å². The minimum absolute atomic E-state index is 0.00739. The number of hydrogen-bond acceptors (Lipinski definition) is 5. The lowest BCUT2D eigenvalue weighted by molar-refractivity contribution is 0.116. The number of hydrogen-bond donors (Lipinski definition) is 0. The van der Waals surface area contributed by atoms with Crippen LogP contribution in [-0.2, 0) is 10.2 Å². The maximum atomic E-state index is 5.60. The van der Waals surface area contributed by atoms with Crippen LogP contribution >= 0.6 is 0 Å². The second-order valence-corrected chi connectivity index (χ2v) is 5.59. The second-order valence-electron chi connectivity index (χ2n) is 5.59. The first-order valence-corrected chi connectivity index (χ1v) is 7.66. The first-order chi connectivity index (χ1) is 10.3. The van der Waals surface area contributed by atoms with E-state index >= 15 is 0 Å². The van der Waals surface area contributed by atoms with E-state index in [-0.39, 0.29) is 5.41 Å². The lowest BCUT2D eigenvalue weighted by Crippen LogP contribution is -2.24. The molecule has 112 valence electrons. The zero-order valence-electron chi connectivity index (χ0n) is 12.4. The van der Waals surface area contributed by atoms with Gasteiger partial charge in [-0.05, 0) is 38.3 Å². The molecule has 1 aliphatic carbocycles. The van der Waals surface area contributed by atoms with Crippen LogP contribution in [0.1, 0.15) is 44.9 Å². The summed E-state index contributed by atoms with van der Waals surface area (Å²) >= 11 is 0. The van der Waals surface area contributed by atoms with Gasteiger partial charge in [0.15, 0.2) is 0 Å². The molecular weight excluding hydrogens is 266 g/mol. The van der Waals surface area contributed by atoms with Gasteiger partial charge in [0.25, 0.3) is 0 Å². The fourth-order valence-corrected chi connectivity index (χ4v) is 3.09. The van der Waals surface area contributed by atoms with Gasteiger partial charge in [-0.1, -0.05) is 18.0 Å². The minimum atomic E-state index is 0.00739. The lowest BCUT2D eigenvalue weighted by atomic mass is 9.83. The van der Waals surface area contributed by atoms with Crippen molar-refractivity contribution in [1.82, 2.24) is 15.1 Å². The Labute approximate surface area is 124 Å². The van der Waals surface area contributed by atoms with Crippen molar-refractivity contribution < 1.29 is 9.26 Å². The number of nitrogens with zero attached hydrogens (tertiary/aromatic N) is 3. The molecule has 0 aliphatic heterocycles. The smallest absolute Gasteiger partial charge is 0.233 e. The number of ether oxygens (including phenoxy) is 1. The summed E-state index contributed by atoms with van der Waals surface area (Å²) in [5.74, 6) is 1.42. The molecule has 0 spiro atoms. The molecule has 21 heavy (non-hydrogen) atoms. The lowest BCUT2D eigenvalue weighted by Gasteiger charge is -2.24. The van der Waals surface area contributed by atoms with Crippen molar-refractivity contribution in [2.45, 2.75) is 44.4 Å². The van der Waals surface area contributed by atoms with Crippen molar-refractivity contribution in [2.24, 2.45) is 0 Å². The summed E-state index contributed by atoms with van der Waals surface area (Å²) in [6.45, 7) is 3.53. The highest BCUT2D eigenvalue weighted by Crippen LogP contribution is 2.43. The molecule has 1 saturated carbocycles. The molecule has 0 unspecified atom stereocenters. The Morgan fingerprint density at radius 2 is 2.00 bits per heavy atom. The Hall–Kier alpha value is -1.75. The molecule has 3 rings (SSSR count). The van der Waals surface area contributed by atoms with Crippen LogP contribution < -0.4 is 0 Å². The van der Waals surface area contributed by atoms with Crippen molar-refractivity contribution in [2.75, 3.05) is 13.2 Å². The van der Waals surface area contributed by atoms with Gasteiger partial charge in [0.05, 0.1) is 5.41 Å². The highest BCUT2D eigenvalue weighted by molar-refractivity contribution is 5.52. The van der Waals surface area contributed by atoms with E-state index in [9.17, 15) is 0 Å². The van der Waals surface area contributed by atoms with Crippen LogP contribution in [0.15, 0.2) is 29.0 Å². The van der Waals surface area contributed by atoms with Gasteiger partial charge in [-0.25, -0.2) is 0 Å². The van der Waals surface area contributed by atoms with Gasteiger partial charge in [-0.15, -0.1) is 0 Å². The summed E-state index contributed by atoms with van der Waals surface area (Å²) in [7, 11) is 0. The molecule has 5 heteroatoms. The fourth-order valence-electron chi connectivity index (χ4n) is 3.09. The average molecular weight is 287 g/mol. The molecule has 1 aliphatic rings. The van der Waals surface area contributed by atoms with Crippen LogP contribution in [0.5, 0.6) is 0 Å². The van der Waals surface area contributed by atoms with E-state index in [1.165, 1.54) is 12.8 Å². The Morgan fingerprint density at radius 3 is 2.71 bits per heavy atom. The monoisotopic (exact) mass is 287 g/mol. The third-order valence-corrected chi connectivity index (χ3v) is 4.31. The van der Waals surface area contributed by atoms with Crippen molar-refractivity contribution in [3.8, 4) is 11.4 Å². The SMILES string of the molecule is CCOCCC1(c2nc(-c3ccncc3)no2)CCCC1. The number of rotatable bonds is 6. The topological polar surface area (TPSA) is 61.0 Å². The normalized spacial score (nSPS) is 17.2. The molecule has 0 amide bonds. The molecule has 2 aromatic rings. The second kappa shape index (κ2) is 6.35. The van der Waals surface area contributed by atoms with Crippen molar-refractivity contribution in [3.63, 3.8) is 0 Å². The average Bonchev–Trinajstić information content (AvgIpc) is 3.18. The van der Waals surface area contributed by atoms with Crippen LogP contribution in [0.2, 0.25) is 0 Å². The summed E-state index contributed by atoms with van der Waals surface area (Å²) in [5, 5.41) is 4.15. The third-order valence-electron chi connectivity index (χ3n) is 4.31. The molecule has 2 aromatic heterocycles. The van der Waals surface area contributed by atoms with Gasteiger partial charge in [0.1, 0.15) is 0 Å². The third kappa shape index (κ3) is 2.97. The van der Waals surface area contributed by atoms with Crippen LogP contribution in [0.3, 0.4) is 0 Å². The maximum Gasteiger partial charge on any atom is 0.233 e. The minimum Gasteiger partial charge on any atom is -0.382 e. The van der Waals surface area contributed by atoms with Crippen LogP contribution in [0.4, 0.5) is 0 Å². The van der Waals surface area contributed by atoms with Crippen LogP contribution in [0, 0.1) is 0 Å². The molecule has 0 radical (unpaired) electrons. The van der Waals surface area contributed by atoms with E-state index < -0.39 is 0 Å². The number of aromatic nitrogens is 3. The van der Waals surface area contributed by atoms with E-state index in [2.05, 4.69) is 15.1 Å². The van der Waals surface area contributed by atoms with Crippen LogP contribution in [-0.4, -0.2) is 28.3 Å². The fraction of sp³-hybridized carbons (Fsp3) is 0.562. The zero-order chi connectivity index (χ0) is 14.5. The Bertz CT molecular complexity index is 562. The summed E-state index contributed by atoms with van der Waals surface area (Å²) in [4.78, 5) is 8.67. The summed E-state index contributed by atoms with van der Waals surface area (Å²) in [6.07, 6.45) is 9.10. The highest BCUT2D eigenvalue weighted by Gasteiger charge is 2.40. The summed E-state index contributed by atoms with van der Waals surface area (Å²) < 4.78 is 11.1. The van der Waals surface area contributed by atoms with Gasteiger partial charge >= 0.3 is 0 Å². The molecule has 0 atom stereocenters. The van der Waals surface area contributed by atoms with Gasteiger partial charge in [0.2, 0.25) is 11.7 Å². The Morgan fingerprint density at radius 1 is 1.24 bits per heavy atom. The largest absolute Gasteiger partial charge is 0.382 e. The molecule has 0 bridgehead atoms. The Balaban J connectivity index is 1.82. The quantitative estimate of drug-likeness (QED) is 0.762. The molecule has 2 heterocycles. The van der Waals surface area contributed by atoms with Gasteiger partial charge in [-0.3, -0.25) is 4.98 Å². The van der Waals surface area contributed by atoms with Gasteiger partial charge in [-0.2, -0.15) is 4.98 Å². The van der Waals surface area contributed by atoms with Gasteiger partial charge in [0, 0.05) is 31.2 Å². The van der Waals surface area contributed by atoms with Crippen LogP contribution in [0.25, 0.3) is 11.4 Å². The van der Waals surface area contributed by atoms with E-state index in [1.54, 1.807) is 12.4 Å².